The van der Waals surface area contributed by atoms with Crippen molar-refractivity contribution in [2.75, 3.05) is 18.6 Å². The molecule has 138 valence electrons. The van der Waals surface area contributed by atoms with Crippen molar-refractivity contribution >= 4 is 11.4 Å². The summed E-state index contributed by atoms with van der Waals surface area (Å²) in [5, 5.41) is 4.76. The molecule has 4 heteroatoms. The minimum atomic E-state index is -0.0852. The molecule has 4 nitrogen and oxygen atoms in total. The summed E-state index contributed by atoms with van der Waals surface area (Å²) in [6.07, 6.45) is 0.920. The molecule has 0 amide bonds. The van der Waals surface area contributed by atoms with E-state index in [9.17, 15) is 0 Å². The third-order valence-corrected chi connectivity index (χ3v) is 5.31. The Hall–Kier alpha value is -1.39. The number of hydrazone groups is 1. The standard InChI is InChI=1S/C21H32N2O2/c1-12(2)15-9-17(13(3)4)20(18(10-15)14(5)6)23-22-19-11-25-21-16(19)7-8-24-21/h9-10,12-14,16,21,23H,7-8,11H2,1-6H3/b22-19-/t16-,21+/m0/s1. The molecule has 2 heterocycles. The van der Waals surface area contributed by atoms with Crippen LogP contribution < -0.4 is 5.43 Å². The first-order valence-corrected chi connectivity index (χ1v) is 9.61. The highest BCUT2D eigenvalue weighted by molar-refractivity contribution is 5.90. The lowest BCUT2D eigenvalue weighted by atomic mass is 9.87. The fraction of sp³-hybridized carbons (Fsp3) is 0.667. The molecule has 3 rings (SSSR count). The molecule has 0 unspecified atom stereocenters. The maximum absolute atomic E-state index is 5.69. The maximum atomic E-state index is 5.69. The second kappa shape index (κ2) is 7.46. The Kier molecular flexibility index (Phi) is 5.49. The Bertz CT molecular complexity index is 620. The maximum Gasteiger partial charge on any atom is 0.166 e. The number of hydrogen-bond acceptors (Lipinski definition) is 4. The predicted octanol–water partition coefficient (Wildman–Crippen LogP) is 5.22. The van der Waals surface area contributed by atoms with Gasteiger partial charge in [-0.15, -0.1) is 0 Å². The fourth-order valence-electron chi connectivity index (χ4n) is 3.65. The van der Waals surface area contributed by atoms with Crippen LogP contribution in [-0.4, -0.2) is 25.2 Å². The summed E-state index contributed by atoms with van der Waals surface area (Å²) < 4.78 is 11.3. The molecule has 2 aliphatic rings. The lowest BCUT2D eigenvalue weighted by molar-refractivity contribution is -0.0903. The molecule has 1 N–H and O–H groups in total. The number of hydrogen-bond donors (Lipinski definition) is 1. The van der Waals surface area contributed by atoms with Crippen LogP contribution in [0.15, 0.2) is 17.2 Å². The summed E-state index contributed by atoms with van der Waals surface area (Å²) in [6.45, 7) is 14.9. The van der Waals surface area contributed by atoms with E-state index in [2.05, 4.69) is 59.1 Å². The van der Waals surface area contributed by atoms with Crippen LogP contribution in [0.1, 0.15) is 82.4 Å². The first-order chi connectivity index (χ1) is 11.9. The molecule has 0 aromatic heterocycles. The molecule has 2 fully saturated rings. The Morgan fingerprint density at radius 3 is 2.16 bits per heavy atom. The van der Waals surface area contributed by atoms with Gasteiger partial charge in [-0.25, -0.2) is 0 Å². The Morgan fingerprint density at radius 1 is 0.960 bits per heavy atom. The van der Waals surface area contributed by atoms with Crippen molar-refractivity contribution in [3.63, 3.8) is 0 Å². The van der Waals surface area contributed by atoms with E-state index in [0.29, 0.717) is 30.3 Å². The van der Waals surface area contributed by atoms with E-state index in [1.54, 1.807) is 0 Å². The van der Waals surface area contributed by atoms with Crippen LogP contribution in [-0.2, 0) is 9.47 Å². The summed E-state index contributed by atoms with van der Waals surface area (Å²) >= 11 is 0. The number of anilines is 1. The van der Waals surface area contributed by atoms with Crippen molar-refractivity contribution in [3.8, 4) is 0 Å². The molecular formula is C21H32N2O2. The number of nitrogens with one attached hydrogen (secondary N) is 1. The van der Waals surface area contributed by atoms with E-state index in [-0.39, 0.29) is 6.29 Å². The quantitative estimate of drug-likeness (QED) is 0.745. The van der Waals surface area contributed by atoms with Crippen molar-refractivity contribution in [3.05, 3.63) is 28.8 Å². The molecular weight excluding hydrogens is 312 g/mol. The SMILES string of the molecule is CC(C)c1cc(C(C)C)c(N/N=C2/CO[C@H]3OCC[C@@H]23)c(C(C)C)c1. The lowest BCUT2D eigenvalue weighted by Crippen LogP contribution is -2.16. The van der Waals surface area contributed by atoms with Crippen LogP contribution in [0.2, 0.25) is 0 Å². The summed E-state index contributed by atoms with van der Waals surface area (Å²) in [6, 6.07) is 4.69. The molecule has 2 saturated heterocycles. The van der Waals surface area contributed by atoms with Gasteiger partial charge in [-0.1, -0.05) is 53.7 Å². The van der Waals surface area contributed by atoms with E-state index in [0.717, 1.165) is 18.7 Å². The van der Waals surface area contributed by atoms with Crippen LogP contribution in [0.5, 0.6) is 0 Å². The third-order valence-electron chi connectivity index (χ3n) is 5.31. The van der Waals surface area contributed by atoms with Gasteiger partial charge in [0.2, 0.25) is 0 Å². The average molecular weight is 344 g/mol. The molecule has 0 saturated carbocycles. The van der Waals surface area contributed by atoms with E-state index in [4.69, 9.17) is 14.6 Å². The zero-order valence-electron chi connectivity index (χ0n) is 16.4. The van der Waals surface area contributed by atoms with Gasteiger partial charge >= 0.3 is 0 Å². The summed E-state index contributed by atoms with van der Waals surface area (Å²) in [5.74, 6) is 1.73. The van der Waals surface area contributed by atoms with Crippen molar-refractivity contribution in [2.24, 2.45) is 11.0 Å². The van der Waals surface area contributed by atoms with Gasteiger partial charge in [0.25, 0.3) is 0 Å². The fourth-order valence-corrected chi connectivity index (χ4v) is 3.65. The first-order valence-electron chi connectivity index (χ1n) is 9.61. The molecule has 2 atom stereocenters. The number of ether oxygens (including phenoxy) is 2. The Labute approximate surface area is 152 Å². The highest BCUT2D eigenvalue weighted by Gasteiger charge is 2.39. The van der Waals surface area contributed by atoms with Crippen molar-refractivity contribution in [1.82, 2.24) is 0 Å². The van der Waals surface area contributed by atoms with Crippen LogP contribution in [0.3, 0.4) is 0 Å². The topological polar surface area (TPSA) is 42.9 Å². The highest BCUT2D eigenvalue weighted by Crippen LogP contribution is 2.36. The van der Waals surface area contributed by atoms with Gasteiger partial charge < -0.3 is 9.47 Å². The van der Waals surface area contributed by atoms with Gasteiger partial charge in [0.1, 0.15) is 0 Å². The van der Waals surface area contributed by atoms with E-state index in [1.807, 2.05) is 0 Å². The Morgan fingerprint density at radius 2 is 1.60 bits per heavy atom. The van der Waals surface area contributed by atoms with Crippen LogP contribution in [0.25, 0.3) is 0 Å². The Balaban J connectivity index is 1.96. The molecule has 0 aliphatic carbocycles. The van der Waals surface area contributed by atoms with Gasteiger partial charge in [0.15, 0.2) is 6.29 Å². The largest absolute Gasteiger partial charge is 0.352 e. The van der Waals surface area contributed by atoms with E-state index >= 15 is 0 Å². The molecule has 25 heavy (non-hydrogen) atoms. The van der Waals surface area contributed by atoms with Crippen molar-refractivity contribution in [2.45, 2.75) is 72.0 Å². The molecule has 1 aromatic rings. The molecule has 0 spiro atoms. The smallest absolute Gasteiger partial charge is 0.166 e. The number of nitrogens with zero attached hydrogens (tertiary/aromatic N) is 1. The van der Waals surface area contributed by atoms with E-state index in [1.165, 1.54) is 22.4 Å². The number of benzene rings is 1. The lowest BCUT2D eigenvalue weighted by Gasteiger charge is -2.22. The predicted molar refractivity (Wildman–Crippen MR) is 104 cm³/mol. The third kappa shape index (κ3) is 3.75. The summed E-state index contributed by atoms with van der Waals surface area (Å²) in [7, 11) is 0. The van der Waals surface area contributed by atoms with Gasteiger partial charge in [0, 0.05) is 0 Å². The number of fused-ring (bicyclic) bond motifs is 1. The van der Waals surface area contributed by atoms with Gasteiger partial charge in [-0.2, -0.15) is 5.10 Å². The van der Waals surface area contributed by atoms with Gasteiger partial charge in [-0.05, 0) is 40.9 Å². The highest BCUT2D eigenvalue weighted by atomic mass is 16.7. The normalized spacial score (nSPS) is 24.8. The minimum Gasteiger partial charge on any atom is -0.352 e. The molecule has 2 aliphatic heterocycles. The zero-order valence-corrected chi connectivity index (χ0v) is 16.4. The van der Waals surface area contributed by atoms with Crippen molar-refractivity contribution in [1.29, 1.82) is 0 Å². The molecule has 0 radical (unpaired) electrons. The van der Waals surface area contributed by atoms with Crippen LogP contribution in [0, 0.1) is 5.92 Å². The van der Waals surface area contributed by atoms with Gasteiger partial charge in [0.05, 0.1) is 30.5 Å². The monoisotopic (exact) mass is 344 g/mol. The second-order valence-corrected chi connectivity index (χ2v) is 8.20. The number of rotatable bonds is 5. The first kappa shape index (κ1) is 18.4. The minimum absolute atomic E-state index is 0.0852. The van der Waals surface area contributed by atoms with Crippen LogP contribution >= 0.6 is 0 Å². The van der Waals surface area contributed by atoms with Crippen LogP contribution in [0.4, 0.5) is 5.69 Å². The van der Waals surface area contributed by atoms with E-state index < -0.39 is 0 Å². The van der Waals surface area contributed by atoms with Gasteiger partial charge in [-0.3, -0.25) is 5.43 Å². The van der Waals surface area contributed by atoms with Crippen molar-refractivity contribution < 1.29 is 9.47 Å². The molecule has 0 bridgehead atoms. The average Bonchev–Trinajstić information content (AvgIpc) is 3.15. The second-order valence-electron chi connectivity index (χ2n) is 8.20. The zero-order chi connectivity index (χ0) is 18.1. The molecule has 1 aromatic carbocycles. The summed E-state index contributed by atoms with van der Waals surface area (Å²) in [4.78, 5) is 0. The summed E-state index contributed by atoms with van der Waals surface area (Å²) in [5.41, 5.74) is 9.76.